The van der Waals surface area contributed by atoms with Crippen molar-refractivity contribution < 1.29 is 53.7 Å². The molecule has 2 aliphatic carbocycles. The van der Waals surface area contributed by atoms with Crippen LogP contribution in [0.2, 0.25) is 5.15 Å². The van der Waals surface area contributed by atoms with Gasteiger partial charge in [0.25, 0.3) is 0 Å². The molecule has 0 bridgehead atoms. The van der Waals surface area contributed by atoms with Crippen molar-refractivity contribution in [3.8, 4) is 12.1 Å². The van der Waals surface area contributed by atoms with Gasteiger partial charge in [-0.15, -0.1) is 5.60 Å². The summed E-state index contributed by atoms with van der Waals surface area (Å²) < 4.78 is 15.2. The number of ether oxygens (including phenoxy) is 2. The molecule has 12 rings (SSSR count). The van der Waals surface area contributed by atoms with Gasteiger partial charge in [-0.25, -0.2) is 39.5 Å². The zero-order valence-corrected chi connectivity index (χ0v) is 54.3. The van der Waals surface area contributed by atoms with Gasteiger partial charge in [-0.1, -0.05) is 58.1 Å². The Bertz CT molecular complexity index is 3760. The minimum Gasteiger partial charge on any atom is -0.850 e. The van der Waals surface area contributed by atoms with Crippen LogP contribution in [0.4, 0.5) is 38.7 Å². The Kier molecular flexibility index (Phi) is 21.0. The van der Waals surface area contributed by atoms with Gasteiger partial charge in [0.15, 0.2) is 11.4 Å². The summed E-state index contributed by atoms with van der Waals surface area (Å²) in [7, 11) is 0. The number of rotatable bonds is 6. The normalized spacial score (nSPS) is 15.8. The van der Waals surface area contributed by atoms with Gasteiger partial charge in [0.2, 0.25) is 11.9 Å². The number of halogens is 1. The number of aromatic nitrogens is 10. The Morgan fingerprint density at radius 1 is 0.586 bits per heavy atom. The summed E-state index contributed by atoms with van der Waals surface area (Å²) in [5.41, 5.74) is 10.3. The molecule has 4 aliphatic rings. The Labute approximate surface area is 534 Å². The van der Waals surface area contributed by atoms with Crippen LogP contribution >= 0.6 is 11.6 Å². The molecule has 23 nitrogen and oxygen atoms in total. The summed E-state index contributed by atoms with van der Waals surface area (Å²) in [5, 5.41) is 36.8. The van der Waals surface area contributed by atoms with Gasteiger partial charge >= 0.3 is 41.7 Å². The van der Waals surface area contributed by atoms with Crippen molar-refractivity contribution in [1.29, 1.82) is 10.5 Å². The van der Waals surface area contributed by atoms with Gasteiger partial charge in [-0.05, 0) is 104 Å². The maximum Gasteiger partial charge on any atom is 1.00 e. The number of hydrogen-bond donors (Lipinski definition) is 2. The molecule has 3 N–H and O–H groups in total. The molecule has 4 fully saturated rings. The van der Waals surface area contributed by atoms with Gasteiger partial charge in [0, 0.05) is 111 Å². The first-order chi connectivity index (χ1) is 40.9. The van der Waals surface area contributed by atoms with Crippen LogP contribution in [0.15, 0.2) is 73.6 Å². The van der Waals surface area contributed by atoms with Crippen molar-refractivity contribution in [3.05, 3.63) is 90.1 Å². The molecule has 452 valence electrons. The molecule has 2 saturated carbocycles. The number of hydrogen-bond acceptors (Lipinski definition) is 19. The van der Waals surface area contributed by atoms with E-state index in [0.29, 0.717) is 73.6 Å². The quantitative estimate of drug-likeness (QED) is 0.119. The van der Waals surface area contributed by atoms with E-state index in [2.05, 4.69) is 71.3 Å². The van der Waals surface area contributed by atoms with E-state index in [1.807, 2.05) is 84.3 Å². The zero-order valence-electron chi connectivity index (χ0n) is 51.5. The Hall–Kier alpha value is -7.67. The molecule has 0 atom stereocenters. The number of nitriles is 2. The number of amides is 2. The van der Waals surface area contributed by atoms with Gasteiger partial charge in [0.05, 0.1) is 34.8 Å². The van der Waals surface area contributed by atoms with Crippen LogP contribution in [0.3, 0.4) is 0 Å². The molecule has 25 heteroatoms. The fraction of sp³-hybridized carbons (Fsp3) is 0.484. The van der Waals surface area contributed by atoms with E-state index in [1.165, 1.54) is 12.8 Å². The fourth-order valence-electron chi connectivity index (χ4n) is 11.1. The molecule has 2 amide bonds. The summed E-state index contributed by atoms with van der Waals surface area (Å²) in [6.45, 7) is 21.6. The van der Waals surface area contributed by atoms with Gasteiger partial charge in [-0.2, -0.15) is 20.5 Å². The van der Waals surface area contributed by atoms with E-state index >= 15 is 0 Å². The number of anilines is 5. The topological polar surface area (TPSA) is 287 Å². The fourth-order valence-corrected chi connectivity index (χ4v) is 11.2. The summed E-state index contributed by atoms with van der Waals surface area (Å²) in [5.74, 6) is 1.35. The minimum absolute atomic E-state index is 0. The molecule has 2 aliphatic heterocycles. The van der Waals surface area contributed by atoms with E-state index in [1.54, 1.807) is 61.4 Å². The van der Waals surface area contributed by atoms with Crippen molar-refractivity contribution in [2.24, 2.45) is 0 Å². The largest absolute Gasteiger partial charge is 1.00 e. The predicted molar refractivity (Wildman–Crippen MR) is 331 cm³/mol. The van der Waals surface area contributed by atoms with Crippen molar-refractivity contribution in [1.82, 2.24) is 58.8 Å². The third-order valence-electron chi connectivity index (χ3n) is 14.8. The Morgan fingerprint density at radius 3 is 1.41 bits per heavy atom. The van der Waals surface area contributed by atoms with E-state index in [-0.39, 0.29) is 53.7 Å². The maximum absolute atomic E-state index is 12.4. The molecule has 0 unspecified atom stereocenters. The first-order valence-electron chi connectivity index (χ1n) is 29.3. The van der Waals surface area contributed by atoms with Crippen LogP contribution in [0.1, 0.15) is 137 Å². The van der Waals surface area contributed by atoms with Crippen LogP contribution in [-0.4, -0.2) is 140 Å². The second-order valence-electron chi connectivity index (χ2n) is 24.7. The van der Waals surface area contributed by atoms with E-state index in [0.717, 1.165) is 107 Å². The average Bonchev–Trinajstić information content (AvgIpc) is 1.63. The van der Waals surface area contributed by atoms with Crippen molar-refractivity contribution in [3.63, 3.8) is 0 Å². The number of nitrogens with zero attached hydrogens (tertiary/aromatic N) is 16. The third kappa shape index (κ3) is 16.5. The molecule has 87 heavy (non-hydrogen) atoms. The molecule has 0 radical (unpaired) electrons. The predicted octanol–water partition coefficient (Wildman–Crippen LogP) is 7.65. The number of nitrogen functional groups attached to an aromatic ring is 1. The zero-order chi connectivity index (χ0) is 61.5. The molecule has 0 spiro atoms. The number of carbonyl (C=O) groups excluding carboxylic acids is 2. The Balaban J connectivity index is 0.000000176. The number of carbonyl (C=O) groups is 2. The van der Waals surface area contributed by atoms with Gasteiger partial charge in [0.1, 0.15) is 45.6 Å². The van der Waals surface area contributed by atoms with Crippen molar-refractivity contribution >= 4 is 96.7 Å². The van der Waals surface area contributed by atoms with Crippen LogP contribution in [0.25, 0.3) is 43.9 Å². The molecular weight excluding hydrogens is 1140 g/mol. The third-order valence-corrected chi connectivity index (χ3v) is 15.0. The number of pyridine rings is 4. The first-order valence-corrected chi connectivity index (χ1v) is 29.7. The second-order valence-corrected chi connectivity index (χ2v) is 25.1. The van der Waals surface area contributed by atoms with E-state index in [9.17, 15) is 25.2 Å². The van der Waals surface area contributed by atoms with Crippen molar-refractivity contribution in [2.45, 2.75) is 143 Å². The molecule has 10 heterocycles. The number of fused-ring (bicyclic) bond motifs is 6. The molecule has 0 aromatic carbocycles. The maximum atomic E-state index is 12.4. The van der Waals surface area contributed by atoms with Crippen molar-refractivity contribution in [2.75, 3.05) is 73.2 Å². The summed E-state index contributed by atoms with van der Waals surface area (Å²) in [6, 6.07) is 16.6. The summed E-state index contributed by atoms with van der Waals surface area (Å²) in [6.07, 6.45) is 19.0. The van der Waals surface area contributed by atoms with E-state index < -0.39 is 16.8 Å². The second kappa shape index (κ2) is 28.0. The first kappa shape index (κ1) is 65.3. The monoisotopic (exact) mass is 1210 g/mol. The summed E-state index contributed by atoms with van der Waals surface area (Å²) in [4.78, 5) is 67.4. The van der Waals surface area contributed by atoms with Gasteiger partial charge < -0.3 is 54.4 Å². The number of piperazine rings is 2. The van der Waals surface area contributed by atoms with Crippen LogP contribution in [-0.2, 0) is 9.47 Å². The standard InChI is InChI=1S/C29H33N9O2.C15H14N6.C14H20ClN3O2.C4H9O.Na/c1-29(2,3)40-28(39)37-14-12-36(13-15-37)20-8-9-24(32-17-20)34-27-33-18-22-21-10-11-31-23(16-30)25(21)38(26(22)35-27)19-6-4-5-7-19;16-7-12-13-10(5-6-18-12)11-8-19-15(17)20-14(11)21(13)9-3-1-2-4-9;1-14(2,3)20-13(19)18-8-6-17(7-9-18)11-4-5-12(15)16-10-11;1-4(2,3)5;/h8-11,17-19H,4-7,12-15H2,1-3H3,(H,32,33,34,35);5-6,8-9H,1-4H2,(H2,17,19,20);4-5,10H,6-9H2,1-3H3;1-3H3;/q;;;-1;+1. The minimum atomic E-state index is -0.750. The smallest absolute Gasteiger partial charge is 0.850 e. The Morgan fingerprint density at radius 2 is 1.01 bits per heavy atom. The van der Waals surface area contributed by atoms with Crippen LogP contribution in [0, 0.1) is 22.7 Å². The summed E-state index contributed by atoms with van der Waals surface area (Å²) >= 11 is 5.78. The molecular formula is C62H76ClN18NaO5. The van der Waals surface area contributed by atoms with E-state index in [4.69, 9.17) is 31.8 Å². The SMILES string of the molecule is CC(C)(C)OC(=O)N1CCN(c2ccc(Cl)nc2)CC1.CC(C)(C)OC(=O)N1CCN(c2ccc(Nc3ncc4c5ccnc(C#N)c5n(C5CCCC5)c4n3)nc2)CC1.CC(C)(C)[O-].N#Cc1nccc2c3cnc(N)nc3n(C3CCCC3)c12.[Na+]. The average molecular weight is 1210 g/mol. The molecule has 2 saturated heterocycles. The molecule has 8 aromatic heterocycles. The number of nitrogens with one attached hydrogen (secondary N) is 1. The van der Waals surface area contributed by atoms with Gasteiger partial charge in [-0.3, -0.25) is 0 Å². The molecule has 8 aromatic rings. The number of nitrogens with two attached hydrogens (primary N) is 1. The van der Waals surface area contributed by atoms with Crippen LogP contribution in [0.5, 0.6) is 0 Å². The van der Waals surface area contributed by atoms with Crippen LogP contribution < -0.4 is 55.5 Å².